The second kappa shape index (κ2) is 7.31. The van der Waals surface area contributed by atoms with Gasteiger partial charge in [-0.05, 0) is 37.1 Å². The molecule has 0 amide bonds. The Labute approximate surface area is 141 Å². The summed E-state index contributed by atoms with van der Waals surface area (Å²) in [6, 6.07) is 6.40. The minimum Gasteiger partial charge on any atom is -0.395 e. The molecule has 0 aliphatic heterocycles. The summed E-state index contributed by atoms with van der Waals surface area (Å²) in [5.74, 6) is 1.45. The van der Waals surface area contributed by atoms with Crippen LogP contribution in [0, 0.1) is 0 Å². The van der Waals surface area contributed by atoms with E-state index in [1.54, 1.807) is 12.1 Å². The summed E-state index contributed by atoms with van der Waals surface area (Å²) in [5, 5.41) is 16.0. The van der Waals surface area contributed by atoms with Crippen molar-refractivity contribution in [2.75, 3.05) is 17.7 Å². The number of aliphatic hydroxyl groups is 1. The summed E-state index contributed by atoms with van der Waals surface area (Å²) in [6.07, 6.45) is 4.68. The summed E-state index contributed by atoms with van der Waals surface area (Å²) >= 11 is 0. The van der Waals surface area contributed by atoms with E-state index in [0.717, 1.165) is 24.4 Å². The first-order valence-electron chi connectivity index (χ1n) is 8.08. The Morgan fingerprint density at radius 1 is 1.21 bits per heavy atom. The Morgan fingerprint density at radius 2 is 1.92 bits per heavy atom. The van der Waals surface area contributed by atoms with Crippen molar-refractivity contribution in [1.29, 1.82) is 0 Å². The highest BCUT2D eigenvalue weighted by atomic mass is 32.2. The maximum Gasteiger partial charge on any atom is 0.245 e. The minimum atomic E-state index is -3.42. The second-order valence-corrected chi connectivity index (χ2v) is 8.06. The molecule has 0 unspecified atom stereocenters. The number of anilines is 1. The molecule has 2 N–H and O–H groups in total. The number of nitrogens with one attached hydrogen (secondary N) is 1. The van der Waals surface area contributed by atoms with Crippen molar-refractivity contribution in [1.82, 2.24) is 10.1 Å². The molecule has 1 fully saturated rings. The van der Waals surface area contributed by atoms with Crippen LogP contribution < -0.4 is 5.32 Å². The normalized spacial score (nSPS) is 15.7. The zero-order valence-electron chi connectivity index (χ0n) is 13.3. The summed E-state index contributed by atoms with van der Waals surface area (Å²) in [7, 11) is -3.42. The fourth-order valence-corrected chi connectivity index (χ4v) is 3.91. The molecule has 8 heteroatoms. The first-order valence-corrected chi connectivity index (χ1v) is 9.74. The summed E-state index contributed by atoms with van der Waals surface area (Å²) < 4.78 is 28.9. The molecule has 3 rings (SSSR count). The van der Waals surface area contributed by atoms with Crippen LogP contribution in [0.5, 0.6) is 0 Å². The number of aromatic nitrogens is 2. The fourth-order valence-electron chi connectivity index (χ4n) is 2.89. The highest BCUT2D eigenvalue weighted by Gasteiger charge is 2.22. The van der Waals surface area contributed by atoms with Crippen LogP contribution in [-0.2, 0) is 16.4 Å². The van der Waals surface area contributed by atoms with E-state index in [-0.39, 0.29) is 17.3 Å². The van der Waals surface area contributed by atoms with Gasteiger partial charge in [0.05, 0.1) is 23.8 Å². The Morgan fingerprint density at radius 3 is 2.58 bits per heavy atom. The lowest BCUT2D eigenvalue weighted by Crippen LogP contribution is -2.10. The molecule has 2 aromatic rings. The lowest BCUT2D eigenvalue weighted by molar-refractivity contribution is 0.319. The number of hydrogen-bond acceptors (Lipinski definition) is 7. The van der Waals surface area contributed by atoms with Crippen molar-refractivity contribution in [2.45, 2.75) is 43.0 Å². The van der Waals surface area contributed by atoms with Crippen molar-refractivity contribution < 1.29 is 18.0 Å². The van der Waals surface area contributed by atoms with E-state index in [1.807, 2.05) is 0 Å². The third-order valence-corrected chi connectivity index (χ3v) is 5.93. The van der Waals surface area contributed by atoms with Gasteiger partial charge in [-0.15, -0.1) is 0 Å². The van der Waals surface area contributed by atoms with Crippen molar-refractivity contribution in [3.05, 3.63) is 36.0 Å². The molecule has 130 valence electrons. The lowest BCUT2D eigenvalue weighted by atomic mass is 10.1. The number of hydrogen-bond donors (Lipinski definition) is 2. The van der Waals surface area contributed by atoms with Crippen LogP contribution in [0.1, 0.15) is 43.3 Å². The molecule has 0 radical (unpaired) electrons. The molecule has 1 aromatic carbocycles. The second-order valence-electron chi connectivity index (χ2n) is 5.95. The molecule has 24 heavy (non-hydrogen) atoms. The van der Waals surface area contributed by atoms with E-state index in [9.17, 15) is 8.42 Å². The minimum absolute atomic E-state index is 0.198. The van der Waals surface area contributed by atoms with Crippen LogP contribution in [0.4, 0.5) is 5.69 Å². The Hall–Kier alpha value is -1.93. The van der Waals surface area contributed by atoms with Gasteiger partial charge in [-0.1, -0.05) is 18.0 Å². The molecule has 0 bridgehead atoms. The van der Waals surface area contributed by atoms with Gasteiger partial charge in [0.25, 0.3) is 0 Å². The fraction of sp³-hybridized carbons (Fsp3) is 0.500. The van der Waals surface area contributed by atoms with E-state index in [0.29, 0.717) is 18.4 Å². The molecule has 1 aliphatic carbocycles. The molecule has 0 spiro atoms. The maximum atomic E-state index is 11.8. The van der Waals surface area contributed by atoms with Gasteiger partial charge < -0.3 is 14.9 Å². The quantitative estimate of drug-likeness (QED) is 0.787. The van der Waals surface area contributed by atoms with Gasteiger partial charge in [-0.3, -0.25) is 0 Å². The van der Waals surface area contributed by atoms with Gasteiger partial charge in [-0.2, -0.15) is 4.98 Å². The van der Waals surface area contributed by atoms with Gasteiger partial charge in [0.1, 0.15) is 0 Å². The number of nitrogens with zero attached hydrogens (tertiary/aromatic N) is 2. The molecule has 1 aliphatic rings. The molecular weight excluding hydrogens is 330 g/mol. The zero-order valence-corrected chi connectivity index (χ0v) is 14.1. The van der Waals surface area contributed by atoms with Gasteiger partial charge in [-0.25, -0.2) is 8.42 Å². The van der Waals surface area contributed by atoms with Gasteiger partial charge in [0.2, 0.25) is 5.89 Å². The molecule has 1 saturated carbocycles. The Bertz CT molecular complexity index is 765. The van der Waals surface area contributed by atoms with E-state index >= 15 is 0 Å². The van der Waals surface area contributed by atoms with E-state index in [2.05, 4.69) is 15.5 Å². The molecule has 0 atom stereocenters. The highest BCUT2D eigenvalue weighted by Crippen LogP contribution is 2.32. The first kappa shape index (κ1) is 16.9. The van der Waals surface area contributed by atoms with Crippen LogP contribution in [0.2, 0.25) is 0 Å². The number of aliphatic hydroxyl groups excluding tert-OH is 1. The standard InChI is InChI=1S/C16H21N3O4S/c20-9-10-24(21,22)14-7-5-13(6-8-14)17-11-15-18-16(19-23-15)12-3-1-2-4-12/h5-8,12,17,20H,1-4,9-11H2. The zero-order chi connectivity index (χ0) is 17.0. The van der Waals surface area contributed by atoms with E-state index < -0.39 is 9.84 Å². The summed E-state index contributed by atoms with van der Waals surface area (Å²) in [5.41, 5.74) is 0.763. The summed E-state index contributed by atoms with van der Waals surface area (Å²) in [6.45, 7) is 0.00524. The molecule has 7 nitrogen and oxygen atoms in total. The predicted molar refractivity (Wildman–Crippen MR) is 88.4 cm³/mol. The average molecular weight is 351 g/mol. The average Bonchev–Trinajstić information content (AvgIpc) is 3.24. The van der Waals surface area contributed by atoms with Crippen LogP contribution in [0.3, 0.4) is 0 Å². The van der Waals surface area contributed by atoms with E-state index in [1.165, 1.54) is 25.0 Å². The molecular formula is C16H21N3O4S. The number of rotatable bonds is 7. The third kappa shape index (κ3) is 3.93. The largest absolute Gasteiger partial charge is 0.395 e. The van der Waals surface area contributed by atoms with Gasteiger partial charge in [0.15, 0.2) is 15.7 Å². The molecule has 1 aromatic heterocycles. The van der Waals surface area contributed by atoms with Crippen LogP contribution in [-0.4, -0.2) is 36.0 Å². The Balaban J connectivity index is 1.59. The SMILES string of the molecule is O=S(=O)(CCO)c1ccc(NCc2nc(C3CCCC3)no2)cc1. The third-order valence-electron chi connectivity index (χ3n) is 4.22. The number of benzene rings is 1. The van der Waals surface area contributed by atoms with Crippen molar-refractivity contribution in [2.24, 2.45) is 0 Å². The summed E-state index contributed by atoms with van der Waals surface area (Å²) in [4.78, 5) is 4.62. The van der Waals surface area contributed by atoms with Crippen LogP contribution in [0.15, 0.2) is 33.7 Å². The van der Waals surface area contributed by atoms with Gasteiger partial charge >= 0.3 is 0 Å². The van der Waals surface area contributed by atoms with Crippen molar-refractivity contribution in [3.8, 4) is 0 Å². The van der Waals surface area contributed by atoms with Crippen molar-refractivity contribution in [3.63, 3.8) is 0 Å². The molecule has 0 saturated heterocycles. The topological polar surface area (TPSA) is 105 Å². The monoisotopic (exact) mass is 351 g/mol. The lowest BCUT2D eigenvalue weighted by Gasteiger charge is -2.06. The molecule has 1 heterocycles. The van der Waals surface area contributed by atoms with Crippen LogP contribution in [0.25, 0.3) is 0 Å². The van der Waals surface area contributed by atoms with Crippen LogP contribution >= 0.6 is 0 Å². The van der Waals surface area contributed by atoms with E-state index in [4.69, 9.17) is 9.63 Å². The highest BCUT2D eigenvalue weighted by molar-refractivity contribution is 7.91. The van der Waals surface area contributed by atoms with Crippen molar-refractivity contribution >= 4 is 15.5 Å². The Kier molecular flexibility index (Phi) is 5.15. The smallest absolute Gasteiger partial charge is 0.245 e. The first-order chi connectivity index (χ1) is 11.6. The maximum absolute atomic E-state index is 11.8. The predicted octanol–water partition coefficient (Wildman–Crippen LogP) is 2.11. The number of sulfone groups is 1. The van der Waals surface area contributed by atoms with Gasteiger partial charge in [0, 0.05) is 11.6 Å².